The van der Waals surface area contributed by atoms with E-state index in [9.17, 15) is 13.2 Å². The summed E-state index contributed by atoms with van der Waals surface area (Å²) < 4.78 is 41.2. The molecule has 0 aromatic rings. The van der Waals surface area contributed by atoms with Crippen LogP contribution in [-0.2, 0) is 4.74 Å². The lowest BCUT2D eigenvalue weighted by Gasteiger charge is -2.20. The van der Waals surface area contributed by atoms with Crippen molar-refractivity contribution in [3.05, 3.63) is 0 Å². The van der Waals surface area contributed by atoms with Gasteiger partial charge in [0.05, 0.1) is 6.10 Å². The molecule has 0 bridgehead atoms. The Morgan fingerprint density at radius 2 is 2.08 bits per heavy atom. The normalized spacial score (nSPS) is 33.0. The maximum absolute atomic E-state index is 12.1. The number of hydrogen-bond acceptors (Lipinski definition) is 2. The van der Waals surface area contributed by atoms with E-state index in [1.165, 1.54) is 0 Å². The van der Waals surface area contributed by atoms with E-state index in [2.05, 4.69) is 5.32 Å². The second-order valence-corrected chi connectivity index (χ2v) is 2.97. The largest absolute Gasteiger partial charge is 0.414 e. The zero-order valence-electron chi connectivity index (χ0n) is 6.82. The summed E-state index contributed by atoms with van der Waals surface area (Å²) in [5, 5.41) is 2.87. The molecule has 5 heteroatoms. The molecule has 1 N–H and O–H groups in total. The van der Waals surface area contributed by atoms with Gasteiger partial charge in [-0.15, -0.1) is 0 Å². The van der Waals surface area contributed by atoms with Gasteiger partial charge in [0.2, 0.25) is 0 Å². The summed E-state index contributed by atoms with van der Waals surface area (Å²) in [7, 11) is 0. The van der Waals surface area contributed by atoms with E-state index in [-0.39, 0.29) is 12.5 Å². The van der Waals surface area contributed by atoms with E-state index in [4.69, 9.17) is 4.74 Å². The summed E-state index contributed by atoms with van der Waals surface area (Å²) in [6, 6.07) is 0. The Bertz CT molecular complexity index is 148. The van der Waals surface area contributed by atoms with Gasteiger partial charge in [-0.25, -0.2) is 0 Å². The number of rotatable bonds is 0. The summed E-state index contributed by atoms with van der Waals surface area (Å²) in [6.45, 7) is 2.50. The maximum atomic E-state index is 12.1. The van der Waals surface area contributed by atoms with Crippen LogP contribution >= 0.6 is 0 Å². The predicted molar refractivity (Wildman–Crippen MR) is 37.9 cm³/mol. The van der Waals surface area contributed by atoms with E-state index < -0.39 is 12.3 Å². The molecule has 2 atom stereocenters. The Morgan fingerprint density at radius 3 is 2.67 bits per heavy atom. The maximum Gasteiger partial charge on any atom is 0.414 e. The van der Waals surface area contributed by atoms with Crippen molar-refractivity contribution in [1.82, 2.24) is 5.32 Å². The summed E-state index contributed by atoms with van der Waals surface area (Å²) in [5.74, 6) is 0. The molecule has 1 heterocycles. The van der Waals surface area contributed by atoms with Crippen molar-refractivity contribution < 1.29 is 17.9 Å². The average Bonchev–Trinajstić information content (AvgIpc) is 2.11. The molecule has 0 aliphatic carbocycles. The van der Waals surface area contributed by atoms with Crippen LogP contribution < -0.4 is 5.32 Å². The highest BCUT2D eigenvalue weighted by Crippen LogP contribution is 2.26. The summed E-state index contributed by atoms with van der Waals surface area (Å²) in [4.78, 5) is 0. The standard InChI is InChI=1S/C7H12F3NO/c1-5-4-11-3-2-6(12-5)7(8,9)10/h5-6,11H,2-4H2,1H3. The van der Waals surface area contributed by atoms with Gasteiger partial charge < -0.3 is 10.1 Å². The summed E-state index contributed by atoms with van der Waals surface area (Å²) in [5.41, 5.74) is 0. The smallest absolute Gasteiger partial charge is 0.364 e. The molecule has 0 spiro atoms. The lowest BCUT2D eigenvalue weighted by Crippen LogP contribution is -2.34. The predicted octanol–water partition coefficient (Wildman–Crippen LogP) is 1.32. The second-order valence-electron chi connectivity index (χ2n) is 2.97. The molecule has 0 radical (unpaired) electrons. The van der Waals surface area contributed by atoms with Crippen LogP contribution in [0.2, 0.25) is 0 Å². The van der Waals surface area contributed by atoms with Crippen LogP contribution in [0.15, 0.2) is 0 Å². The molecule has 0 saturated carbocycles. The van der Waals surface area contributed by atoms with Crippen molar-refractivity contribution in [3.8, 4) is 0 Å². The van der Waals surface area contributed by atoms with E-state index in [1.54, 1.807) is 6.92 Å². The summed E-state index contributed by atoms with van der Waals surface area (Å²) >= 11 is 0. The van der Waals surface area contributed by atoms with Gasteiger partial charge in [0.1, 0.15) is 0 Å². The molecule has 0 aromatic carbocycles. The molecule has 1 saturated heterocycles. The van der Waals surface area contributed by atoms with Crippen LogP contribution in [0.5, 0.6) is 0 Å². The lowest BCUT2D eigenvalue weighted by molar-refractivity contribution is -0.228. The fraction of sp³-hybridized carbons (Fsp3) is 1.00. The van der Waals surface area contributed by atoms with E-state index in [1.807, 2.05) is 0 Å². The first-order valence-electron chi connectivity index (χ1n) is 3.93. The molecule has 2 unspecified atom stereocenters. The minimum Gasteiger partial charge on any atom is -0.364 e. The quantitative estimate of drug-likeness (QED) is 0.611. The number of nitrogens with one attached hydrogen (secondary N) is 1. The Hall–Kier alpha value is -0.290. The fourth-order valence-corrected chi connectivity index (χ4v) is 1.18. The van der Waals surface area contributed by atoms with Crippen molar-refractivity contribution in [3.63, 3.8) is 0 Å². The highest BCUT2D eigenvalue weighted by atomic mass is 19.4. The third-order valence-electron chi connectivity index (χ3n) is 1.78. The van der Waals surface area contributed by atoms with Gasteiger partial charge in [0, 0.05) is 6.54 Å². The molecule has 1 fully saturated rings. The Kier molecular flexibility index (Phi) is 2.95. The van der Waals surface area contributed by atoms with Gasteiger partial charge in [-0.05, 0) is 19.9 Å². The molecule has 72 valence electrons. The van der Waals surface area contributed by atoms with Crippen molar-refractivity contribution in [2.75, 3.05) is 13.1 Å². The van der Waals surface area contributed by atoms with Crippen molar-refractivity contribution in [2.24, 2.45) is 0 Å². The highest BCUT2D eigenvalue weighted by molar-refractivity contribution is 4.74. The Labute approximate surface area is 69.1 Å². The van der Waals surface area contributed by atoms with Crippen LogP contribution in [0.1, 0.15) is 13.3 Å². The molecule has 2 nitrogen and oxygen atoms in total. The van der Waals surface area contributed by atoms with E-state index in [0.717, 1.165) is 0 Å². The van der Waals surface area contributed by atoms with Gasteiger partial charge in [-0.2, -0.15) is 13.2 Å². The van der Waals surface area contributed by atoms with Gasteiger partial charge in [-0.3, -0.25) is 0 Å². The molecule has 1 aliphatic heterocycles. The van der Waals surface area contributed by atoms with Crippen LogP contribution in [-0.4, -0.2) is 31.5 Å². The third-order valence-corrected chi connectivity index (χ3v) is 1.78. The third kappa shape index (κ3) is 2.64. The van der Waals surface area contributed by atoms with Crippen LogP contribution in [0, 0.1) is 0 Å². The molecule has 0 amide bonds. The molecule has 12 heavy (non-hydrogen) atoms. The summed E-state index contributed by atoms with van der Waals surface area (Å²) in [6.07, 6.45) is -6.17. The monoisotopic (exact) mass is 183 g/mol. The molecule has 1 aliphatic rings. The van der Waals surface area contributed by atoms with Crippen molar-refractivity contribution in [1.29, 1.82) is 0 Å². The Morgan fingerprint density at radius 1 is 1.42 bits per heavy atom. The first-order chi connectivity index (χ1) is 5.50. The first-order valence-corrected chi connectivity index (χ1v) is 3.93. The SMILES string of the molecule is CC1CNCCC(C(F)(F)F)O1. The van der Waals surface area contributed by atoms with Gasteiger partial charge in [-0.1, -0.05) is 0 Å². The minimum absolute atomic E-state index is 0.00778. The van der Waals surface area contributed by atoms with Gasteiger partial charge >= 0.3 is 6.18 Å². The highest BCUT2D eigenvalue weighted by Gasteiger charge is 2.41. The van der Waals surface area contributed by atoms with Crippen molar-refractivity contribution >= 4 is 0 Å². The molecular weight excluding hydrogens is 171 g/mol. The fourth-order valence-electron chi connectivity index (χ4n) is 1.18. The van der Waals surface area contributed by atoms with Crippen LogP contribution in [0.3, 0.4) is 0 Å². The molecular formula is C7H12F3NO. The van der Waals surface area contributed by atoms with Crippen LogP contribution in [0.4, 0.5) is 13.2 Å². The zero-order valence-corrected chi connectivity index (χ0v) is 6.82. The number of ether oxygens (including phenoxy) is 1. The number of alkyl halides is 3. The topological polar surface area (TPSA) is 21.3 Å². The van der Waals surface area contributed by atoms with E-state index in [0.29, 0.717) is 13.1 Å². The second kappa shape index (κ2) is 3.62. The van der Waals surface area contributed by atoms with E-state index >= 15 is 0 Å². The lowest BCUT2D eigenvalue weighted by atomic mass is 10.2. The van der Waals surface area contributed by atoms with Gasteiger partial charge in [0.15, 0.2) is 6.10 Å². The zero-order chi connectivity index (χ0) is 9.19. The number of halogens is 3. The van der Waals surface area contributed by atoms with Crippen molar-refractivity contribution in [2.45, 2.75) is 31.7 Å². The average molecular weight is 183 g/mol. The number of hydrogen-bond donors (Lipinski definition) is 1. The minimum atomic E-state index is -4.22. The molecule has 0 aromatic heterocycles. The van der Waals surface area contributed by atoms with Crippen LogP contribution in [0.25, 0.3) is 0 Å². The molecule has 1 rings (SSSR count). The first kappa shape index (κ1) is 9.80. The Balaban J connectivity index is 2.52. The van der Waals surface area contributed by atoms with Gasteiger partial charge in [0.25, 0.3) is 0 Å².